The predicted molar refractivity (Wildman–Crippen MR) is 83.1 cm³/mol. The zero-order valence-corrected chi connectivity index (χ0v) is 13.3. The first-order valence-corrected chi connectivity index (χ1v) is 8.33. The smallest absolute Gasteiger partial charge is 0.177 e. The van der Waals surface area contributed by atoms with Crippen LogP contribution in [0.15, 0.2) is 28.7 Å². The number of halogens is 2. The molecular formula is C16H14BrFOS. The van der Waals surface area contributed by atoms with Crippen LogP contribution < -0.4 is 0 Å². The Morgan fingerprint density at radius 3 is 2.80 bits per heavy atom. The van der Waals surface area contributed by atoms with E-state index in [0.717, 1.165) is 23.3 Å². The summed E-state index contributed by atoms with van der Waals surface area (Å²) in [4.78, 5) is 14.6. The molecule has 104 valence electrons. The van der Waals surface area contributed by atoms with Crippen molar-refractivity contribution in [2.24, 2.45) is 0 Å². The second kappa shape index (κ2) is 5.78. The van der Waals surface area contributed by atoms with E-state index in [1.165, 1.54) is 35.4 Å². The Hall–Kier alpha value is -1.00. The van der Waals surface area contributed by atoms with Gasteiger partial charge in [0.05, 0.1) is 4.88 Å². The third-order valence-electron chi connectivity index (χ3n) is 3.64. The molecular weight excluding hydrogens is 339 g/mol. The maximum atomic E-state index is 13.0. The molecule has 1 heterocycles. The van der Waals surface area contributed by atoms with Gasteiger partial charge in [0.2, 0.25) is 0 Å². The fraction of sp³-hybridized carbons (Fsp3) is 0.312. The van der Waals surface area contributed by atoms with Gasteiger partial charge in [0, 0.05) is 15.8 Å². The van der Waals surface area contributed by atoms with E-state index >= 15 is 0 Å². The van der Waals surface area contributed by atoms with Gasteiger partial charge < -0.3 is 0 Å². The molecule has 2 aromatic rings. The van der Waals surface area contributed by atoms with Crippen LogP contribution in [0.4, 0.5) is 4.39 Å². The number of fused-ring (bicyclic) bond motifs is 1. The van der Waals surface area contributed by atoms with Crippen LogP contribution in [-0.4, -0.2) is 5.78 Å². The van der Waals surface area contributed by atoms with E-state index in [-0.39, 0.29) is 11.6 Å². The van der Waals surface area contributed by atoms with Crippen LogP contribution in [0.5, 0.6) is 0 Å². The molecule has 3 rings (SSSR count). The summed E-state index contributed by atoms with van der Waals surface area (Å²) in [6, 6.07) is 6.53. The van der Waals surface area contributed by atoms with Gasteiger partial charge in [-0.05, 0) is 55.0 Å². The molecule has 4 heteroatoms. The summed E-state index contributed by atoms with van der Waals surface area (Å²) in [6.45, 7) is 0. The van der Waals surface area contributed by atoms with Crippen molar-refractivity contribution in [3.63, 3.8) is 0 Å². The normalized spacial score (nSPS) is 14.1. The van der Waals surface area contributed by atoms with E-state index in [9.17, 15) is 9.18 Å². The van der Waals surface area contributed by atoms with E-state index in [4.69, 9.17) is 0 Å². The van der Waals surface area contributed by atoms with Crippen LogP contribution in [0.2, 0.25) is 0 Å². The average Bonchev–Trinajstić information content (AvgIpc) is 2.86. The third-order valence-corrected chi connectivity index (χ3v) is 5.65. The molecule has 0 aliphatic heterocycles. The largest absolute Gasteiger partial charge is 0.293 e. The summed E-state index contributed by atoms with van der Waals surface area (Å²) in [5, 5.41) is 0. The van der Waals surface area contributed by atoms with Crippen molar-refractivity contribution in [3.8, 4) is 0 Å². The van der Waals surface area contributed by atoms with E-state index in [1.54, 1.807) is 17.4 Å². The van der Waals surface area contributed by atoms with Crippen molar-refractivity contribution in [3.05, 3.63) is 55.4 Å². The highest BCUT2D eigenvalue weighted by Gasteiger charge is 2.18. The molecule has 0 saturated carbocycles. The number of thiophene rings is 1. The minimum Gasteiger partial charge on any atom is -0.293 e. The van der Waals surface area contributed by atoms with Crippen LogP contribution in [0.25, 0.3) is 0 Å². The number of carbonyl (C=O) groups excluding carboxylic acids is 1. The molecule has 0 N–H and O–H groups in total. The molecule has 0 bridgehead atoms. The fourth-order valence-electron chi connectivity index (χ4n) is 2.55. The van der Waals surface area contributed by atoms with Crippen LogP contribution in [0, 0.1) is 5.82 Å². The van der Waals surface area contributed by atoms with Crippen LogP contribution in [0.3, 0.4) is 0 Å². The van der Waals surface area contributed by atoms with Gasteiger partial charge in [-0.2, -0.15) is 0 Å². The zero-order valence-electron chi connectivity index (χ0n) is 10.9. The Kier molecular flexibility index (Phi) is 4.03. The molecule has 1 aliphatic carbocycles. The topological polar surface area (TPSA) is 17.1 Å². The second-order valence-corrected chi connectivity index (χ2v) is 7.09. The van der Waals surface area contributed by atoms with E-state index in [0.29, 0.717) is 10.9 Å². The van der Waals surface area contributed by atoms with Gasteiger partial charge in [-0.1, -0.05) is 22.0 Å². The van der Waals surface area contributed by atoms with Gasteiger partial charge in [0.15, 0.2) is 5.78 Å². The predicted octanol–water partition coefficient (Wildman–Crippen LogP) is 4.95. The maximum Gasteiger partial charge on any atom is 0.177 e. The van der Waals surface area contributed by atoms with Gasteiger partial charge in [-0.15, -0.1) is 11.3 Å². The first kappa shape index (κ1) is 14.0. The summed E-state index contributed by atoms with van der Waals surface area (Å²) in [5.74, 6) is -0.170. The fourth-order valence-corrected chi connectivity index (χ4v) is 4.24. The lowest BCUT2D eigenvalue weighted by Crippen LogP contribution is -2.02. The zero-order chi connectivity index (χ0) is 14.1. The Balaban J connectivity index is 1.80. The number of hydrogen-bond acceptors (Lipinski definition) is 2. The Labute approximate surface area is 130 Å². The summed E-state index contributed by atoms with van der Waals surface area (Å²) in [7, 11) is 0. The second-order valence-electron chi connectivity index (χ2n) is 5.10. The highest BCUT2D eigenvalue weighted by atomic mass is 79.9. The lowest BCUT2D eigenvalue weighted by Gasteiger charge is -2.08. The minimum atomic E-state index is -0.292. The van der Waals surface area contributed by atoms with Crippen molar-refractivity contribution in [2.75, 3.05) is 0 Å². The molecule has 1 aromatic carbocycles. The van der Waals surface area contributed by atoms with E-state index in [2.05, 4.69) is 22.0 Å². The number of benzene rings is 1. The Morgan fingerprint density at radius 2 is 2.05 bits per heavy atom. The van der Waals surface area contributed by atoms with Crippen molar-refractivity contribution in [2.45, 2.75) is 32.1 Å². The molecule has 1 aromatic heterocycles. The number of ketones is 1. The van der Waals surface area contributed by atoms with Crippen LogP contribution >= 0.6 is 27.3 Å². The SMILES string of the molecule is O=C(Cc1ccc(F)cc1Br)c1cc2c(s1)CCCC2. The van der Waals surface area contributed by atoms with Gasteiger partial charge in [0.1, 0.15) is 5.82 Å². The van der Waals surface area contributed by atoms with Crippen LogP contribution in [0.1, 0.15) is 38.5 Å². The van der Waals surface area contributed by atoms with Gasteiger partial charge >= 0.3 is 0 Å². The molecule has 1 aliphatic rings. The molecule has 0 unspecified atom stereocenters. The molecule has 0 fully saturated rings. The molecule has 1 nitrogen and oxygen atoms in total. The van der Waals surface area contributed by atoms with E-state index < -0.39 is 0 Å². The van der Waals surface area contributed by atoms with Gasteiger partial charge in [-0.3, -0.25) is 4.79 Å². The molecule has 0 saturated heterocycles. The average molecular weight is 353 g/mol. The summed E-state index contributed by atoms with van der Waals surface area (Å²) in [5.41, 5.74) is 2.19. The lowest BCUT2D eigenvalue weighted by molar-refractivity contribution is 0.0996. The van der Waals surface area contributed by atoms with Crippen molar-refractivity contribution < 1.29 is 9.18 Å². The number of hydrogen-bond donors (Lipinski definition) is 0. The molecule has 20 heavy (non-hydrogen) atoms. The summed E-state index contributed by atoms with van der Waals surface area (Å²) >= 11 is 4.95. The molecule has 0 amide bonds. The monoisotopic (exact) mass is 352 g/mol. The van der Waals surface area contributed by atoms with Crippen molar-refractivity contribution in [1.29, 1.82) is 0 Å². The lowest BCUT2D eigenvalue weighted by atomic mass is 9.98. The van der Waals surface area contributed by atoms with Crippen molar-refractivity contribution >= 4 is 33.0 Å². The Bertz CT molecular complexity index is 639. The van der Waals surface area contributed by atoms with E-state index in [1.807, 2.05) is 0 Å². The van der Waals surface area contributed by atoms with Crippen molar-refractivity contribution in [1.82, 2.24) is 0 Å². The van der Waals surface area contributed by atoms with Gasteiger partial charge in [0.25, 0.3) is 0 Å². The molecule has 0 spiro atoms. The minimum absolute atomic E-state index is 0.122. The Morgan fingerprint density at radius 1 is 1.25 bits per heavy atom. The number of rotatable bonds is 3. The first-order chi connectivity index (χ1) is 9.63. The number of Topliss-reactive ketones (excluding diaryl/α,β-unsaturated/α-hetero) is 1. The molecule has 0 radical (unpaired) electrons. The van der Waals surface area contributed by atoms with Gasteiger partial charge in [-0.25, -0.2) is 4.39 Å². The van der Waals surface area contributed by atoms with Crippen LogP contribution in [-0.2, 0) is 19.3 Å². The highest BCUT2D eigenvalue weighted by molar-refractivity contribution is 9.10. The standard InChI is InChI=1S/C16H14BrFOS/c17-13-9-12(18)6-5-10(13)7-14(19)16-8-11-3-1-2-4-15(11)20-16/h5-6,8-9H,1-4,7H2. The summed E-state index contributed by atoms with van der Waals surface area (Å²) in [6.07, 6.45) is 4.97. The third kappa shape index (κ3) is 2.86. The highest BCUT2D eigenvalue weighted by Crippen LogP contribution is 2.31. The first-order valence-electron chi connectivity index (χ1n) is 6.72. The quantitative estimate of drug-likeness (QED) is 0.714. The molecule has 0 atom stereocenters. The number of carbonyl (C=O) groups is 1. The summed E-state index contributed by atoms with van der Waals surface area (Å²) < 4.78 is 13.7. The number of aryl methyl sites for hydroxylation is 2. The maximum absolute atomic E-state index is 13.0.